The molecule has 0 unspecified atom stereocenters. The van der Waals surface area contributed by atoms with Crippen molar-refractivity contribution < 1.29 is 5.11 Å². The Morgan fingerprint density at radius 2 is 2.29 bits per heavy atom. The average molecular weight is 214 g/mol. The van der Waals surface area contributed by atoms with Crippen molar-refractivity contribution in [2.45, 2.75) is 32.7 Å². The van der Waals surface area contributed by atoms with Crippen LogP contribution in [0.25, 0.3) is 0 Å². The van der Waals surface area contributed by atoms with E-state index >= 15 is 0 Å². The van der Waals surface area contributed by atoms with Gasteiger partial charge in [0.15, 0.2) is 0 Å². The number of thiazole rings is 1. The number of aliphatic hydroxyl groups is 1. The quantitative estimate of drug-likeness (QED) is 0.778. The zero-order chi connectivity index (χ0) is 10.6. The normalized spacial score (nSPS) is 12.0. The van der Waals surface area contributed by atoms with Crippen LogP contribution in [0, 0.1) is 6.92 Å². The van der Waals surface area contributed by atoms with Gasteiger partial charge in [-0.1, -0.05) is 0 Å². The van der Waals surface area contributed by atoms with Crippen molar-refractivity contribution in [2.75, 3.05) is 13.2 Å². The number of hydrogen-bond donors (Lipinski definition) is 2. The molecule has 1 aromatic heterocycles. The number of aliphatic hydroxyl groups excluding tert-OH is 1. The Labute approximate surface area is 89.2 Å². The maximum absolute atomic E-state index is 9.03. The van der Waals surface area contributed by atoms with Crippen LogP contribution in [-0.4, -0.2) is 28.8 Å². The Balaban J connectivity index is 2.32. The zero-order valence-electron chi connectivity index (χ0n) is 9.00. The Hall–Kier alpha value is -0.450. The molecule has 0 saturated heterocycles. The van der Waals surface area contributed by atoms with Gasteiger partial charge in [0.05, 0.1) is 17.8 Å². The third kappa shape index (κ3) is 3.36. The first-order chi connectivity index (χ1) is 6.55. The van der Waals surface area contributed by atoms with Crippen LogP contribution in [0.3, 0.4) is 0 Å². The summed E-state index contributed by atoms with van der Waals surface area (Å²) in [6, 6.07) is 0. The molecular formula is C10H18N2OS. The van der Waals surface area contributed by atoms with Gasteiger partial charge in [-0.15, -0.1) is 11.3 Å². The van der Waals surface area contributed by atoms with Gasteiger partial charge in [0, 0.05) is 17.0 Å². The third-order valence-corrected chi connectivity index (χ3v) is 3.19. The van der Waals surface area contributed by atoms with E-state index in [9.17, 15) is 0 Å². The molecule has 1 aromatic rings. The van der Waals surface area contributed by atoms with Crippen LogP contribution < -0.4 is 5.32 Å². The molecule has 0 aliphatic rings. The molecule has 0 atom stereocenters. The summed E-state index contributed by atoms with van der Waals surface area (Å²) in [7, 11) is 0. The van der Waals surface area contributed by atoms with Crippen LogP contribution >= 0.6 is 11.3 Å². The molecule has 1 heterocycles. The predicted molar refractivity (Wildman–Crippen MR) is 59.7 cm³/mol. The highest BCUT2D eigenvalue weighted by Gasteiger charge is 2.14. The molecule has 3 nitrogen and oxygen atoms in total. The molecule has 0 saturated carbocycles. The number of rotatable bonds is 5. The fourth-order valence-electron chi connectivity index (χ4n) is 1.14. The molecule has 14 heavy (non-hydrogen) atoms. The Kier molecular flexibility index (Phi) is 4.04. The molecular weight excluding hydrogens is 196 g/mol. The lowest BCUT2D eigenvalue weighted by molar-refractivity contribution is 0.189. The minimum Gasteiger partial charge on any atom is -0.394 e. The lowest BCUT2D eigenvalue weighted by Crippen LogP contribution is -2.43. The molecule has 0 spiro atoms. The molecule has 2 N–H and O–H groups in total. The largest absolute Gasteiger partial charge is 0.394 e. The first-order valence-corrected chi connectivity index (χ1v) is 5.68. The van der Waals surface area contributed by atoms with Crippen molar-refractivity contribution in [2.24, 2.45) is 0 Å². The number of hydrogen-bond acceptors (Lipinski definition) is 4. The van der Waals surface area contributed by atoms with Crippen molar-refractivity contribution in [1.82, 2.24) is 10.3 Å². The summed E-state index contributed by atoms with van der Waals surface area (Å²) in [5, 5.41) is 12.3. The summed E-state index contributed by atoms with van der Waals surface area (Å²) < 4.78 is 0. The van der Waals surface area contributed by atoms with Gasteiger partial charge in [-0.3, -0.25) is 0 Å². The summed E-state index contributed by atoms with van der Waals surface area (Å²) in [6.45, 7) is 7.06. The van der Waals surface area contributed by atoms with E-state index in [4.69, 9.17) is 5.11 Å². The number of aromatic nitrogens is 1. The van der Waals surface area contributed by atoms with E-state index < -0.39 is 0 Å². The Morgan fingerprint density at radius 3 is 2.79 bits per heavy atom. The molecule has 0 radical (unpaired) electrons. The van der Waals surface area contributed by atoms with Crippen LogP contribution in [0.2, 0.25) is 0 Å². The number of nitrogens with zero attached hydrogens (tertiary/aromatic N) is 1. The van der Waals surface area contributed by atoms with Crippen molar-refractivity contribution in [3.63, 3.8) is 0 Å². The Morgan fingerprint density at radius 1 is 1.57 bits per heavy atom. The molecule has 80 valence electrons. The second-order valence-corrected chi connectivity index (χ2v) is 5.02. The van der Waals surface area contributed by atoms with Crippen LogP contribution in [0.1, 0.15) is 24.4 Å². The minimum atomic E-state index is -0.182. The second kappa shape index (κ2) is 4.87. The molecule has 4 heteroatoms. The maximum atomic E-state index is 9.03. The smallest absolute Gasteiger partial charge is 0.0797 e. The van der Waals surface area contributed by atoms with E-state index in [-0.39, 0.29) is 12.1 Å². The van der Waals surface area contributed by atoms with E-state index in [0.717, 1.165) is 18.7 Å². The fraction of sp³-hybridized carbons (Fsp3) is 0.700. The monoisotopic (exact) mass is 214 g/mol. The molecule has 0 aliphatic carbocycles. The molecule has 0 bridgehead atoms. The topological polar surface area (TPSA) is 45.2 Å². The highest BCUT2D eigenvalue weighted by molar-refractivity contribution is 7.09. The molecule has 0 aromatic carbocycles. The predicted octanol–water partition coefficient (Wildman–Crippen LogP) is 1.35. The van der Waals surface area contributed by atoms with Gasteiger partial charge in [-0.2, -0.15) is 0 Å². The van der Waals surface area contributed by atoms with Crippen LogP contribution in [0.5, 0.6) is 0 Å². The van der Waals surface area contributed by atoms with Crippen LogP contribution in [0.15, 0.2) is 5.51 Å². The van der Waals surface area contributed by atoms with Gasteiger partial charge in [-0.25, -0.2) is 4.98 Å². The van der Waals surface area contributed by atoms with E-state index in [0.29, 0.717) is 0 Å². The first kappa shape index (κ1) is 11.6. The highest BCUT2D eigenvalue weighted by Crippen LogP contribution is 2.12. The fourth-order valence-corrected chi connectivity index (χ4v) is 1.92. The number of aryl methyl sites for hydroxylation is 1. The summed E-state index contributed by atoms with van der Waals surface area (Å²) in [6.07, 6.45) is 0.986. The highest BCUT2D eigenvalue weighted by atomic mass is 32.1. The molecule has 0 aliphatic heterocycles. The summed E-state index contributed by atoms with van der Waals surface area (Å²) in [5.74, 6) is 0. The van der Waals surface area contributed by atoms with Gasteiger partial charge in [-0.05, 0) is 27.2 Å². The standard InChI is InChI=1S/C10H18N2OS/c1-8-9(14-7-11-8)4-5-12-10(2,3)6-13/h7,12-13H,4-6H2,1-3H3. The van der Waals surface area contributed by atoms with Crippen molar-refractivity contribution >= 4 is 11.3 Å². The SMILES string of the molecule is Cc1ncsc1CCNC(C)(C)CO. The van der Waals surface area contributed by atoms with Gasteiger partial charge in [0.1, 0.15) is 0 Å². The summed E-state index contributed by atoms with van der Waals surface area (Å²) >= 11 is 1.69. The lowest BCUT2D eigenvalue weighted by Gasteiger charge is -2.23. The zero-order valence-corrected chi connectivity index (χ0v) is 9.82. The molecule has 1 rings (SSSR count). The van der Waals surface area contributed by atoms with Gasteiger partial charge >= 0.3 is 0 Å². The van der Waals surface area contributed by atoms with Gasteiger partial charge in [0.2, 0.25) is 0 Å². The van der Waals surface area contributed by atoms with Crippen molar-refractivity contribution in [3.05, 3.63) is 16.1 Å². The summed E-state index contributed by atoms with van der Waals surface area (Å²) in [5.41, 5.74) is 2.82. The maximum Gasteiger partial charge on any atom is 0.0797 e. The van der Waals surface area contributed by atoms with Gasteiger partial charge in [0.25, 0.3) is 0 Å². The minimum absolute atomic E-state index is 0.161. The molecule has 0 fully saturated rings. The van der Waals surface area contributed by atoms with Crippen LogP contribution in [-0.2, 0) is 6.42 Å². The molecule has 0 amide bonds. The van der Waals surface area contributed by atoms with E-state index in [1.54, 1.807) is 11.3 Å². The van der Waals surface area contributed by atoms with E-state index in [1.165, 1.54) is 4.88 Å². The van der Waals surface area contributed by atoms with Crippen molar-refractivity contribution in [1.29, 1.82) is 0 Å². The Bertz CT molecular complexity index is 283. The lowest BCUT2D eigenvalue weighted by atomic mass is 10.1. The van der Waals surface area contributed by atoms with E-state index in [1.807, 2.05) is 26.3 Å². The third-order valence-electron chi connectivity index (χ3n) is 2.20. The summed E-state index contributed by atoms with van der Waals surface area (Å²) in [4.78, 5) is 5.52. The van der Waals surface area contributed by atoms with Crippen molar-refractivity contribution in [3.8, 4) is 0 Å². The first-order valence-electron chi connectivity index (χ1n) is 4.80. The van der Waals surface area contributed by atoms with E-state index in [2.05, 4.69) is 10.3 Å². The second-order valence-electron chi connectivity index (χ2n) is 4.08. The van der Waals surface area contributed by atoms with Gasteiger partial charge < -0.3 is 10.4 Å². The number of nitrogens with one attached hydrogen (secondary N) is 1. The van der Waals surface area contributed by atoms with Crippen LogP contribution in [0.4, 0.5) is 0 Å². The average Bonchev–Trinajstić information content (AvgIpc) is 2.52.